The molecule has 1 unspecified atom stereocenters. The molecule has 0 saturated heterocycles. The molecule has 8 heteroatoms. The highest BCUT2D eigenvalue weighted by Gasteiger charge is 2.25. The van der Waals surface area contributed by atoms with Crippen molar-refractivity contribution < 1.29 is 27.5 Å². The Morgan fingerprint density at radius 2 is 1.88 bits per heavy atom. The Morgan fingerprint density at radius 1 is 1.21 bits per heavy atom. The number of alkyl halides is 2. The van der Waals surface area contributed by atoms with Gasteiger partial charge in [-0.2, -0.15) is 0 Å². The third-order valence-corrected chi connectivity index (χ3v) is 3.14. The van der Waals surface area contributed by atoms with Crippen molar-refractivity contribution in [1.82, 2.24) is 10.6 Å². The van der Waals surface area contributed by atoms with Crippen molar-refractivity contribution in [2.45, 2.75) is 26.3 Å². The summed E-state index contributed by atoms with van der Waals surface area (Å²) in [5, 5.41) is 4.97. The molecule has 0 spiro atoms. The molecule has 1 rings (SSSR count). The van der Waals surface area contributed by atoms with Crippen molar-refractivity contribution in [1.29, 1.82) is 0 Å². The molecule has 0 aliphatic rings. The van der Waals surface area contributed by atoms with Crippen LogP contribution in [0.4, 0.5) is 13.2 Å². The van der Waals surface area contributed by atoms with Crippen LogP contribution >= 0.6 is 0 Å². The molecular formula is C16H21F3N2O3. The Hall–Kier alpha value is -2.09. The molecule has 1 aromatic carbocycles. The average molecular weight is 346 g/mol. The first-order valence-electron chi connectivity index (χ1n) is 7.52. The van der Waals surface area contributed by atoms with E-state index in [1.165, 1.54) is 18.2 Å². The van der Waals surface area contributed by atoms with E-state index < -0.39 is 36.7 Å². The summed E-state index contributed by atoms with van der Waals surface area (Å²) < 4.78 is 42.1. The van der Waals surface area contributed by atoms with E-state index in [9.17, 15) is 22.8 Å². The molecule has 2 N–H and O–H groups in total. The topological polar surface area (TPSA) is 67.4 Å². The Bertz CT molecular complexity index is 553. The van der Waals surface area contributed by atoms with E-state index in [2.05, 4.69) is 15.4 Å². The maximum Gasteiger partial charge on any atom is 0.261 e. The number of halogens is 3. The zero-order chi connectivity index (χ0) is 18.1. The van der Waals surface area contributed by atoms with Crippen LogP contribution in [-0.4, -0.2) is 44.0 Å². The van der Waals surface area contributed by atoms with Crippen LogP contribution in [0.2, 0.25) is 0 Å². The fourth-order valence-electron chi connectivity index (χ4n) is 1.93. The molecular weight excluding hydrogens is 325 g/mol. The van der Waals surface area contributed by atoms with Crippen molar-refractivity contribution in [3.63, 3.8) is 0 Å². The summed E-state index contributed by atoms with van der Waals surface area (Å²) in [4.78, 5) is 24.2. The SMILES string of the molecule is CC(C)C(NC(=O)c1ccccc1F)C(=O)NCCOCC(F)F. The van der Waals surface area contributed by atoms with Gasteiger partial charge in [-0.3, -0.25) is 9.59 Å². The smallest absolute Gasteiger partial charge is 0.261 e. The van der Waals surface area contributed by atoms with Gasteiger partial charge < -0.3 is 15.4 Å². The summed E-state index contributed by atoms with van der Waals surface area (Å²) in [6.45, 7) is 2.71. The summed E-state index contributed by atoms with van der Waals surface area (Å²) in [5.41, 5.74) is -0.156. The van der Waals surface area contributed by atoms with E-state index in [4.69, 9.17) is 0 Å². The van der Waals surface area contributed by atoms with Gasteiger partial charge in [0.2, 0.25) is 5.91 Å². The Morgan fingerprint density at radius 3 is 2.46 bits per heavy atom. The maximum absolute atomic E-state index is 13.6. The lowest BCUT2D eigenvalue weighted by molar-refractivity contribution is -0.124. The second-order valence-corrected chi connectivity index (χ2v) is 5.43. The van der Waals surface area contributed by atoms with Gasteiger partial charge in [0, 0.05) is 6.54 Å². The summed E-state index contributed by atoms with van der Waals surface area (Å²) in [6.07, 6.45) is -2.57. The summed E-state index contributed by atoms with van der Waals surface area (Å²) in [7, 11) is 0. The molecule has 24 heavy (non-hydrogen) atoms. The second-order valence-electron chi connectivity index (χ2n) is 5.43. The molecule has 1 atom stereocenters. The van der Waals surface area contributed by atoms with Crippen molar-refractivity contribution in [2.75, 3.05) is 19.8 Å². The minimum absolute atomic E-state index is 0.0321. The van der Waals surface area contributed by atoms with Gasteiger partial charge in [-0.25, -0.2) is 13.2 Å². The van der Waals surface area contributed by atoms with Crippen LogP contribution in [0.1, 0.15) is 24.2 Å². The first-order chi connectivity index (χ1) is 11.3. The fourth-order valence-corrected chi connectivity index (χ4v) is 1.93. The standard InChI is InChI=1S/C16H21F3N2O3/c1-10(2)14(16(23)20-7-8-24-9-13(18)19)21-15(22)11-5-3-4-6-12(11)17/h3-6,10,13-14H,7-9H2,1-2H3,(H,20,23)(H,21,22). The predicted octanol–water partition coefficient (Wildman–Crippen LogP) is 1.98. The number of hydrogen-bond acceptors (Lipinski definition) is 3. The third kappa shape index (κ3) is 6.57. The van der Waals surface area contributed by atoms with Crippen LogP contribution in [0.15, 0.2) is 24.3 Å². The number of benzene rings is 1. The largest absolute Gasteiger partial charge is 0.374 e. The number of amides is 2. The van der Waals surface area contributed by atoms with E-state index in [0.29, 0.717) is 0 Å². The number of rotatable bonds is 9. The van der Waals surface area contributed by atoms with Crippen LogP contribution in [0, 0.1) is 11.7 Å². The van der Waals surface area contributed by atoms with Crippen LogP contribution < -0.4 is 10.6 Å². The first kappa shape index (κ1) is 20.0. The van der Waals surface area contributed by atoms with E-state index in [1.807, 2.05) is 0 Å². The lowest BCUT2D eigenvalue weighted by Gasteiger charge is -2.22. The predicted molar refractivity (Wildman–Crippen MR) is 82.3 cm³/mol. The van der Waals surface area contributed by atoms with E-state index >= 15 is 0 Å². The lowest BCUT2D eigenvalue weighted by atomic mass is 10.0. The highest BCUT2D eigenvalue weighted by molar-refractivity contribution is 5.97. The number of nitrogens with one attached hydrogen (secondary N) is 2. The fraction of sp³-hybridized carbons (Fsp3) is 0.500. The number of carbonyl (C=O) groups excluding carboxylic acids is 2. The second kappa shape index (κ2) is 9.92. The summed E-state index contributed by atoms with van der Waals surface area (Å²) in [5.74, 6) is -2.12. The van der Waals surface area contributed by atoms with Gasteiger partial charge in [0.15, 0.2) is 0 Å². The molecule has 0 heterocycles. The molecule has 0 aliphatic heterocycles. The summed E-state index contributed by atoms with van der Waals surface area (Å²) in [6, 6.07) is 4.56. The van der Waals surface area contributed by atoms with Gasteiger partial charge in [-0.1, -0.05) is 26.0 Å². The quantitative estimate of drug-likeness (QED) is 0.672. The molecule has 5 nitrogen and oxygen atoms in total. The molecule has 134 valence electrons. The molecule has 0 aromatic heterocycles. The summed E-state index contributed by atoms with van der Waals surface area (Å²) >= 11 is 0. The molecule has 0 radical (unpaired) electrons. The average Bonchev–Trinajstić information content (AvgIpc) is 2.51. The van der Waals surface area contributed by atoms with Gasteiger partial charge in [0.1, 0.15) is 18.5 Å². The minimum atomic E-state index is -2.57. The van der Waals surface area contributed by atoms with Crippen molar-refractivity contribution in [3.05, 3.63) is 35.6 Å². The van der Waals surface area contributed by atoms with Crippen LogP contribution in [0.3, 0.4) is 0 Å². The number of ether oxygens (including phenoxy) is 1. The van der Waals surface area contributed by atoms with Crippen LogP contribution in [-0.2, 0) is 9.53 Å². The van der Waals surface area contributed by atoms with Crippen molar-refractivity contribution in [3.8, 4) is 0 Å². The molecule has 2 amide bonds. The Kier molecular flexibility index (Phi) is 8.25. The lowest BCUT2D eigenvalue weighted by Crippen LogP contribution is -2.50. The number of hydrogen-bond donors (Lipinski definition) is 2. The zero-order valence-corrected chi connectivity index (χ0v) is 13.5. The van der Waals surface area contributed by atoms with E-state index in [1.54, 1.807) is 13.8 Å². The van der Waals surface area contributed by atoms with Gasteiger partial charge in [0.05, 0.1) is 12.2 Å². The third-order valence-electron chi connectivity index (χ3n) is 3.14. The van der Waals surface area contributed by atoms with Gasteiger partial charge in [0.25, 0.3) is 12.3 Å². The highest BCUT2D eigenvalue weighted by atomic mass is 19.3. The van der Waals surface area contributed by atoms with Crippen LogP contribution in [0.25, 0.3) is 0 Å². The molecule has 1 aromatic rings. The van der Waals surface area contributed by atoms with Crippen LogP contribution in [0.5, 0.6) is 0 Å². The van der Waals surface area contributed by atoms with E-state index in [0.717, 1.165) is 6.07 Å². The van der Waals surface area contributed by atoms with Gasteiger partial charge in [-0.15, -0.1) is 0 Å². The number of carbonyl (C=O) groups is 2. The van der Waals surface area contributed by atoms with E-state index in [-0.39, 0.29) is 24.6 Å². The normalized spacial score (nSPS) is 12.3. The maximum atomic E-state index is 13.6. The zero-order valence-electron chi connectivity index (χ0n) is 13.5. The van der Waals surface area contributed by atoms with Crippen molar-refractivity contribution in [2.24, 2.45) is 5.92 Å². The van der Waals surface area contributed by atoms with Gasteiger partial charge in [-0.05, 0) is 18.1 Å². The highest BCUT2D eigenvalue weighted by Crippen LogP contribution is 2.09. The Labute approximate surface area is 138 Å². The Balaban J connectivity index is 2.55. The van der Waals surface area contributed by atoms with Crippen molar-refractivity contribution >= 4 is 11.8 Å². The minimum Gasteiger partial charge on any atom is -0.374 e. The molecule has 0 aliphatic carbocycles. The molecule has 0 fully saturated rings. The molecule has 0 bridgehead atoms. The first-order valence-corrected chi connectivity index (χ1v) is 7.52. The van der Waals surface area contributed by atoms with Gasteiger partial charge >= 0.3 is 0 Å². The monoisotopic (exact) mass is 346 g/mol. The molecule has 0 saturated carbocycles.